The van der Waals surface area contributed by atoms with Gasteiger partial charge in [-0.2, -0.15) is 9.78 Å². The lowest BCUT2D eigenvalue weighted by atomic mass is 10.1. The van der Waals surface area contributed by atoms with Crippen molar-refractivity contribution in [2.24, 2.45) is 0 Å². The van der Waals surface area contributed by atoms with E-state index in [9.17, 15) is 9.59 Å². The summed E-state index contributed by atoms with van der Waals surface area (Å²) in [6.45, 7) is 0. The average Bonchev–Trinajstić information content (AvgIpc) is 3.07. The summed E-state index contributed by atoms with van der Waals surface area (Å²) in [5.74, 6) is -0.312. The molecular formula is C20H16ClN3O2. The van der Waals surface area contributed by atoms with E-state index in [4.69, 9.17) is 11.6 Å². The van der Waals surface area contributed by atoms with Gasteiger partial charge in [-0.25, -0.2) is 0 Å². The van der Waals surface area contributed by atoms with Crippen LogP contribution < -0.4 is 10.9 Å². The predicted molar refractivity (Wildman–Crippen MR) is 99.8 cm³/mol. The van der Waals surface area contributed by atoms with Crippen molar-refractivity contribution in [3.63, 3.8) is 0 Å². The molecule has 1 unspecified atom stereocenters. The zero-order chi connectivity index (χ0) is 18.1. The third kappa shape index (κ3) is 3.02. The predicted octanol–water partition coefficient (Wildman–Crippen LogP) is 3.30. The van der Waals surface area contributed by atoms with Crippen LogP contribution >= 0.6 is 11.6 Å². The molecule has 130 valence electrons. The number of hydrogen-bond donors (Lipinski definition) is 1. The third-order valence-corrected chi connectivity index (χ3v) is 4.91. The van der Waals surface area contributed by atoms with Gasteiger partial charge >= 0.3 is 0 Å². The molecule has 1 aromatic heterocycles. The molecule has 1 heterocycles. The van der Waals surface area contributed by atoms with Crippen molar-refractivity contribution >= 4 is 17.5 Å². The minimum Gasteiger partial charge on any atom is -0.344 e. The Labute approximate surface area is 155 Å². The molecule has 26 heavy (non-hydrogen) atoms. The first-order valence-corrected chi connectivity index (χ1v) is 8.75. The first-order valence-electron chi connectivity index (χ1n) is 8.37. The molecule has 0 bridgehead atoms. The maximum atomic E-state index is 12.7. The molecule has 0 saturated carbocycles. The fourth-order valence-corrected chi connectivity index (χ4v) is 3.55. The van der Waals surface area contributed by atoms with Crippen LogP contribution in [0, 0.1) is 0 Å². The molecular weight excluding hydrogens is 350 g/mol. The highest BCUT2D eigenvalue weighted by Crippen LogP contribution is 2.35. The minimum absolute atomic E-state index is 0.102. The molecule has 0 radical (unpaired) electrons. The Morgan fingerprint density at radius 3 is 2.69 bits per heavy atom. The summed E-state index contributed by atoms with van der Waals surface area (Å²) in [4.78, 5) is 24.8. The second-order valence-corrected chi connectivity index (χ2v) is 6.58. The summed E-state index contributed by atoms with van der Waals surface area (Å²) in [6, 6.07) is 17.5. The molecule has 1 N–H and O–H groups in total. The molecule has 3 aromatic rings. The topological polar surface area (TPSA) is 64.0 Å². The highest BCUT2D eigenvalue weighted by molar-refractivity contribution is 6.31. The number of nitrogens with one attached hydrogen (secondary N) is 1. The second-order valence-electron chi connectivity index (χ2n) is 6.18. The van der Waals surface area contributed by atoms with E-state index in [1.54, 1.807) is 12.1 Å². The molecule has 1 aliphatic rings. The maximum absolute atomic E-state index is 12.7. The summed E-state index contributed by atoms with van der Waals surface area (Å²) in [6.07, 6.45) is 1.63. The standard InChI is InChI=1S/C20H16ClN3O2/c21-16-8-4-7-15-14(16)9-10-17(15)22-20(26)18-11-12-19(25)24(23-18)13-5-2-1-3-6-13/h1-8,11-12,17H,9-10H2,(H,22,26). The molecule has 0 aliphatic heterocycles. The van der Waals surface area contributed by atoms with Crippen LogP contribution in [0.25, 0.3) is 5.69 Å². The SMILES string of the molecule is O=C(NC1CCc2c(Cl)cccc21)c1ccc(=O)n(-c2ccccc2)n1. The summed E-state index contributed by atoms with van der Waals surface area (Å²) in [7, 11) is 0. The Kier molecular flexibility index (Phi) is 4.31. The molecule has 4 rings (SSSR count). The Bertz CT molecular complexity index is 1030. The molecule has 5 nitrogen and oxygen atoms in total. The van der Waals surface area contributed by atoms with E-state index in [-0.39, 0.29) is 23.2 Å². The van der Waals surface area contributed by atoms with Gasteiger partial charge in [-0.3, -0.25) is 9.59 Å². The van der Waals surface area contributed by atoms with E-state index >= 15 is 0 Å². The summed E-state index contributed by atoms with van der Waals surface area (Å²) < 4.78 is 1.23. The molecule has 1 aliphatic carbocycles. The van der Waals surface area contributed by atoms with Crippen LogP contribution in [0.4, 0.5) is 0 Å². The van der Waals surface area contributed by atoms with Crippen molar-refractivity contribution in [1.29, 1.82) is 0 Å². The van der Waals surface area contributed by atoms with Crippen molar-refractivity contribution in [1.82, 2.24) is 15.1 Å². The maximum Gasteiger partial charge on any atom is 0.272 e. The number of hydrogen-bond acceptors (Lipinski definition) is 3. The minimum atomic E-state index is -0.312. The number of rotatable bonds is 3. The van der Waals surface area contributed by atoms with Gasteiger partial charge in [0.1, 0.15) is 5.69 Å². The van der Waals surface area contributed by atoms with Gasteiger partial charge < -0.3 is 5.32 Å². The lowest BCUT2D eigenvalue weighted by molar-refractivity contribution is 0.0930. The van der Waals surface area contributed by atoms with E-state index in [1.807, 2.05) is 36.4 Å². The van der Waals surface area contributed by atoms with E-state index in [0.29, 0.717) is 5.69 Å². The average molecular weight is 366 g/mol. The van der Waals surface area contributed by atoms with Gasteiger partial charge in [0, 0.05) is 11.1 Å². The van der Waals surface area contributed by atoms with Crippen LogP contribution in [0.1, 0.15) is 34.1 Å². The molecule has 0 spiro atoms. The van der Waals surface area contributed by atoms with Crippen molar-refractivity contribution in [3.8, 4) is 5.69 Å². The molecule has 1 atom stereocenters. The molecule has 0 fully saturated rings. The summed E-state index contributed by atoms with van der Waals surface area (Å²) >= 11 is 6.23. The van der Waals surface area contributed by atoms with Crippen LogP contribution in [0.2, 0.25) is 5.02 Å². The van der Waals surface area contributed by atoms with E-state index in [0.717, 1.165) is 29.0 Å². The first kappa shape index (κ1) is 16.5. The number of halogens is 1. The highest BCUT2D eigenvalue weighted by Gasteiger charge is 2.26. The Morgan fingerprint density at radius 2 is 1.88 bits per heavy atom. The van der Waals surface area contributed by atoms with Crippen molar-refractivity contribution < 1.29 is 4.79 Å². The fourth-order valence-electron chi connectivity index (χ4n) is 3.28. The number of carbonyl (C=O) groups excluding carboxylic acids is 1. The number of carbonyl (C=O) groups is 1. The molecule has 2 aromatic carbocycles. The van der Waals surface area contributed by atoms with Gasteiger partial charge in [0.05, 0.1) is 11.7 Å². The third-order valence-electron chi connectivity index (χ3n) is 4.55. The smallest absolute Gasteiger partial charge is 0.272 e. The largest absolute Gasteiger partial charge is 0.344 e. The van der Waals surface area contributed by atoms with Crippen molar-refractivity contribution in [2.75, 3.05) is 0 Å². The zero-order valence-electron chi connectivity index (χ0n) is 13.9. The van der Waals surface area contributed by atoms with Gasteiger partial charge in [0.15, 0.2) is 0 Å². The Morgan fingerprint density at radius 1 is 1.08 bits per heavy atom. The zero-order valence-corrected chi connectivity index (χ0v) is 14.6. The van der Waals surface area contributed by atoms with Crippen LogP contribution in [-0.4, -0.2) is 15.7 Å². The number of para-hydroxylation sites is 1. The van der Waals surface area contributed by atoms with E-state index in [1.165, 1.54) is 16.8 Å². The normalized spacial score (nSPS) is 15.5. The van der Waals surface area contributed by atoms with Crippen molar-refractivity contribution in [3.05, 3.63) is 92.9 Å². The number of fused-ring (bicyclic) bond motifs is 1. The second kappa shape index (κ2) is 6.77. The summed E-state index contributed by atoms with van der Waals surface area (Å²) in [5, 5.41) is 7.96. The van der Waals surface area contributed by atoms with Gasteiger partial charge in [0.2, 0.25) is 0 Å². The number of nitrogens with zero attached hydrogens (tertiary/aromatic N) is 2. The van der Waals surface area contributed by atoms with Gasteiger partial charge in [-0.05, 0) is 48.2 Å². The van der Waals surface area contributed by atoms with Gasteiger partial charge in [-0.1, -0.05) is 41.9 Å². The molecule has 0 saturated heterocycles. The van der Waals surface area contributed by atoms with Crippen LogP contribution in [-0.2, 0) is 6.42 Å². The molecule has 1 amide bonds. The monoisotopic (exact) mass is 365 g/mol. The lowest BCUT2D eigenvalue weighted by Gasteiger charge is -2.14. The number of aromatic nitrogens is 2. The first-order chi connectivity index (χ1) is 12.6. The molecule has 6 heteroatoms. The van der Waals surface area contributed by atoms with E-state index < -0.39 is 0 Å². The summed E-state index contributed by atoms with van der Waals surface area (Å²) in [5.41, 5.74) is 2.66. The van der Waals surface area contributed by atoms with Crippen LogP contribution in [0.3, 0.4) is 0 Å². The Balaban J connectivity index is 1.61. The fraction of sp³-hybridized carbons (Fsp3) is 0.150. The quantitative estimate of drug-likeness (QED) is 0.774. The highest BCUT2D eigenvalue weighted by atomic mass is 35.5. The van der Waals surface area contributed by atoms with Crippen LogP contribution in [0.15, 0.2) is 65.5 Å². The van der Waals surface area contributed by atoms with E-state index in [2.05, 4.69) is 10.4 Å². The lowest BCUT2D eigenvalue weighted by Crippen LogP contribution is -2.31. The van der Waals surface area contributed by atoms with Gasteiger partial charge in [0.25, 0.3) is 11.5 Å². The van der Waals surface area contributed by atoms with Crippen molar-refractivity contribution in [2.45, 2.75) is 18.9 Å². The number of amides is 1. The van der Waals surface area contributed by atoms with Gasteiger partial charge in [-0.15, -0.1) is 0 Å². The number of benzene rings is 2. The Hall–Kier alpha value is -2.92. The van der Waals surface area contributed by atoms with Crippen LogP contribution in [0.5, 0.6) is 0 Å².